The third-order valence-corrected chi connectivity index (χ3v) is 3.45. The van der Waals surface area contributed by atoms with Gasteiger partial charge in [-0.3, -0.25) is 4.79 Å². The third-order valence-electron chi connectivity index (χ3n) is 3.45. The molecule has 0 saturated heterocycles. The highest BCUT2D eigenvalue weighted by Crippen LogP contribution is 2.39. The summed E-state index contributed by atoms with van der Waals surface area (Å²) in [5.41, 5.74) is 1.08. The van der Waals surface area contributed by atoms with Crippen LogP contribution in [0.5, 0.6) is 0 Å². The van der Waals surface area contributed by atoms with Crippen LogP contribution in [-0.4, -0.2) is 16.1 Å². The second kappa shape index (κ2) is 4.09. The van der Waals surface area contributed by atoms with Gasteiger partial charge in [0, 0.05) is 17.8 Å². The number of rotatable bonds is 2. The fraction of sp³-hybridized carbons (Fsp3) is 0.583. The van der Waals surface area contributed by atoms with Gasteiger partial charge in [-0.15, -0.1) is 0 Å². The average Bonchev–Trinajstić information content (AvgIpc) is 2.69. The Labute approximate surface area is 89.5 Å². The number of hydrogen-bond donors (Lipinski definition) is 2. The zero-order chi connectivity index (χ0) is 10.8. The molecule has 2 N–H and O–H groups in total. The number of aromatic nitrogens is 1. The van der Waals surface area contributed by atoms with Gasteiger partial charge in [0.1, 0.15) is 0 Å². The van der Waals surface area contributed by atoms with Crippen LogP contribution < -0.4 is 0 Å². The second-order valence-corrected chi connectivity index (χ2v) is 4.59. The van der Waals surface area contributed by atoms with Crippen molar-refractivity contribution in [2.75, 3.05) is 0 Å². The maximum atomic E-state index is 11.2. The molecular weight excluding hydrogens is 190 g/mol. The van der Waals surface area contributed by atoms with Gasteiger partial charge in [-0.2, -0.15) is 0 Å². The Morgan fingerprint density at radius 2 is 2.33 bits per heavy atom. The normalized spacial score (nSPS) is 31.4. The van der Waals surface area contributed by atoms with Crippen molar-refractivity contribution in [2.45, 2.75) is 32.1 Å². The molecule has 1 heterocycles. The highest BCUT2D eigenvalue weighted by atomic mass is 16.4. The molecule has 1 aliphatic carbocycles. The standard InChI is InChI=1S/C12H17NO2/c1-8-4-5-9(12(14)15)10(7-8)11-3-2-6-13-11/h2-3,6,8-10,13H,4-5,7H2,1H3,(H,14,15). The maximum absolute atomic E-state index is 11.2. The van der Waals surface area contributed by atoms with Gasteiger partial charge >= 0.3 is 5.97 Å². The van der Waals surface area contributed by atoms with Gasteiger partial charge in [0.2, 0.25) is 0 Å². The molecule has 3 nitrogen and oxygen atoms in total. The van der Waals surface area contributed by atoms with E-state index in [1.807, 2.05) is 18.3 Å². The molecule has 0 aliphatic heterocycles. The molecule has 0 spiro atoms. The minimum atomic E-state index is -0.651. The number of carbonyl (C=O) groups is 1. The number of hydrogen-bond acceptors (Lipinski definition) is 1. The summed E-state index contributed by atoms with van der Waals surface area (Å²) in [5, 5.41) is 9.18. The summed E-state index contributed by atoms with van der Waals surface area (Å²) in [6, 6.07) is 3.94. The third kappa shape index (κ3) is 2.06. The lowest BCUT2D eigenvalue weighted by Crippen LogP contribution is -2.28. The van der Waals surface area contributed by atoms with E-state index in [0.29, 0.717) is 5.92 Å². The first-order valence-electron chi connectivity index (χ1n) is 5.54. The van der Waals surface area contributed by atoms with E-state index in [1.165, 1.54) is 0 Å². The van der Waals surface area contributed by atoms with E-state index in [-0.39, 0.29) is 11.8 Å². The Morgan fingerprint density at radius 1 is 1.53 bits per heavy atom. The first kappa shape index (κ1) is 10.3. The monoisotopic (exact) mass is 207 g/mol. The largest absolute Gasteiger partial charge is 0.481 e. The fourth-order valence-corrected chi connectivity index (χ4v) is 2.60. The lowest BCUT2D eigenvalue weighted by Gasteiger charge is -2.31. The molecule has 15 heavy (non-hydrogen) atoms. The Bertz CT molecular complexity index is 331. The smallest absolute Gasteiger partial charge is 0.307 e. The number of carboxylic acid groups (broad SMARTS) is 1. The molecule has 3 heteroatoms. The van der Waals surface area contributed by atoms with E-state index in [9.17, 15) is 9.90 Å². The predicted octanol–water partition coefficient (Wildman–Crippen LogP) is 2.62. The van der Waals surface area contributed by atoms with E-state index in [0.717, 1.165) is 25.0 Å². The Kier molecular flexibility index (Phi) is 2.80. The van der Waals surface area contributed by atoms with E-state index >= 15 is 0 Å². The molecule has 1 saturated carbocycles. The van der Waals surface area contributed by atoms with Gasteiger partial charge in [0.25, 0.3) is 0 Å². The van der Waals surface area contributed by atoms with Crippen molar-refractivity contribution < 1.29 is 9.90 Å². The lowest BCUT2D eigenvalue weighted by molar-refractivity contribution is -0.143. The van der Waals surface area contributed by atoms with Crippen molar-refractivity contribution in [3.05, 3.63) is 24.0 Å². The number of carboxylic acids is 1. The van der Waals surface area contributed by atoms with Crippen LogP contribution in [0.3, 0.4) is 0 Å². The summed E-state index contributed by atoms with van der Waals surface area (Å²) in [6.07, 6.45) is 4.69. The van der Waals surface area contributed by atoms with Crippen LogP contribution in [0, 0.1) is 11.8 Å². The summed E-state index contributed by atoms with van der Waals surface area (Å²) in [7, 11) is 0. The zero-order valence-electron chi connectivity index (χ0n) is 8.94. The molecule has 0 aromatic carbocycles. The molecule has 1 aromatic heterocycles. The van der Waals surface area contributed by atoms with Crippen LogP contribution in [0.2, 0.25) is 0 Å². The van der Waals surface area contributed by atoms with Gasteiger partial charge in [-0.1, -0.05) is 6.92 Å². The number of aromatic amines is 1. The SMILES string of the molecule is CC1CCC(C(=O)O)C(c2ccc[nH]2)C1. The summed E-state index contributed by atoms with van der Waals surface area (Å²) < 4.78 is 0. The van der Waals surface area contributed by atoms with Crippen molar-refractivity contribution in [1.82, 2.24) is 4.98 Å². The average molecular weight is 207 g/mol. The summed E-state index contributed by atoms with van der Waals surface area (Å²) >= 11 is 0. The van der Waals surface area contributed by atoms with E-state index in [4.69, 9.17) is 0 Å². The minimum Gasteiger partial charge on any atom is -0.481 e. The molecular formula is C12H17NO2. The molecule has 1 fully saturated rings. The van der Waals surface area contributed by atoms with E-state index < -0.39 is 5.97 Å². The minimum absolute atomic E-state index is 0.168. The van der Waals surface area contributed by atoms with Gasteiger partial charge in [0.15, 0.2) is 0 Å². The maximum Gasteiger partial charge on any atom is 0.307 e. The summed E-state index contributed by atoms with van der Waals surface area (Å²) in [5.74, 6) is -0.0588. The quantitative estimate of drug-likeness (QED) is 0.783. The highest BCUT2D eigenvalue weighted by molar-refractivity contribution is 5.71. The highest BCUT2D eigenvalue weighted by Gasteiger charge is 2.34. The molecule has 3 atom stereocenters. The topological polar surface area (TPSA) is 53.1 Å². The summed E-state index contributed by atoms with van der Waals surface area (Å²) in [4.78, 5) is 14.3. The van der Waals surface area contributed by atoms with Gasteiger partial charge in [-0.05, 0) is 37.3 Å². The molecule has 0 amide bonds. The van der Waals surface area contributed by atoms with Gasteiger partial charge < -0.3 is 10.1 Å². The van der Waals surface area contributed by atoms with Crippen LogP contribution in [0.4, 0.5) is 0 Å². The van der Waals surface area contributed by atoms with Crippen LogP contribution >= 0.6 is 0 Å². The van der Waals surface area contributed by atoms with Crippen molar-refractivity contribution >= 4 is 5.97 Å². The number of aliphatic carboxylic acids is 1. The second-order valence-electron chi connectivity index (χ2n) is 4.59. The zero-order valence-corrected chi connectivity index (χ0v) is 8.94. The predicted molar refractivity (Wildman–Crippen MR) is 57.7 cm³/mol. The van der Waals surface area contributed by atoms with Crippen molar-refractivity contribution in [2.24, 2.45) is 11.8 Å². The molecule has 1 aromatic rings. The molecule has 3 unspecified atom stereocenters. The van der Waals surface area contributed by atoms with Crippen molar-refractivity contribution in [3.8, 4) is 0 Å². The Hall–Kier alpha value is -1.25. The Morgan fingerprint density at radius 3 is 2.93 bits per heavy atom. The van der Waals surface area contributed by atoms with Crippen molar-refractivity contribution in [3.63, 3.8) is 0 Å². The molecule has 2 rings (SSSR count). The molecule has 0 radical (unpaired) electrons. The summed E-state index contributed by atoms with van der Waals surface area (Å²) in [6.45, 7) is 2.20. The van der Waals surface area contributed by atoms with Crippen molar-refractivity contribution in [1.29, 1.82) is 0 Å². The van der Waals surface area contributed by atoms with Crippen LogP contribution in [0.25, 0.3) is 0 Å². The molecule has 0 bridgehead atoms. The molecule has 1 aliphatic rings. The Balaban J connectivity index is 2.20. The first-order valence-corrected chi connectivity index (χ1v) is 5.54. The molecule has 82 valence electrons. The fourth-order valence-electron chi connectivity index (χ4n) is 2.60. The number of nitrogens with one attached hydrogen (secondary N) is 1. The van der Waals surface area contributed by atoms with Gasteiger partial charge in [0.05, 0.1) is 5.92 Å². The first-order chi connectivity index (χ1) is 7.18. The van der Waals surface area contributed by atoms with Gasteiger partial charge in [-0.25, -0.2) is 0 Å². The van der Waals surface area contributed by atoms with E-state index in [2.05, 4.69) is 11.9 Å². The van der Waals surface area contributed by atoms with E-state index in [1.54, 1.807) is 0 Å². The number of H-pyrrole nitrogens is 1. The lowest BCUT2D eigenvalue weighted by atomic mass is 9.73. The van der Waals surface area contributed by atoms with Crippen LogP contribution in [0.1, 0.15) is 37.8 Å². The van der Waals surface area contributed by atoms with Crippen LogP contribution in [-0.2, 0) is 4.79 Å². The van der Waals surface area contributed by atoms with Crippen LogP contribution in [0.15, 0.2) is 18.3 Å².